The molecule has 3 amide bonds. The molecule has 2 aliphatic rings. The minimum absolute atomic E-state index is 0.0716. The van der Waals surface area contributed by atoms with Crippen molar-refractivity contribution in [3.63, 3.8) is 0 Å². The molecule has 5 rings (SSSR count). The van der Waals surface area contributed by atoms with E-state index >= 15 is 0 Å². The highest BCUT2D eigenvalue weighted by Gasteiger charge is 2.54. The van der Waals surface area contributed by atoms with Crippen molar-refractivity contribution in [2.45, 2.75) is 51.2 Å². The van der Waals surface area contributed by atoms with Crippen LogP contribution in [0.4, 0.5) is 13.2 Å². The summed E-state index contributed by atoms with van der Waals surface area (Å²) in [6, 6.07) is 18.1. The van der Waals surface area contributed by atoms with Crippen molar-refractivity contribution in [1.29, 1.82) is 0 Å². The van der Waals surface area contributed by atoms with Crippen molar-refractivity contribution in [3.05, 3.63) is 106 Å². The van der Waals surface area contributed by atoms with Gasteiger partial charge in [-0.05, 0) is 55.8 Å². The van der Waals surface area contributed by atoms with E-state index in [1.165, 1.54) is 17.0 Å². The van der Waals surface area contributed by atoms with Crippen molar-refractivity contribution >= 4 is 17.7 Å². The number of likely N-dealkylation sites (tertiary alicyclic amines) is 1. The smallest absolute Gasteiger partial charge is 0.353 e. The summed E-state index contributed by atoms with van der Waals surface area (Å²) in [4.78, 5) is 43.7. The number of carbonyl (C=O) groups is 3. The first-order valence-corrected chi connectivity index (χ1v) is 13.8. The SMILES string of the molecule is Cc1ccc(C(=O)N2[C@H](C(=O)NCc3cccc(C(F)(F)F)c3)COC23CCN(C(=O)c2cccc(C)c2)CC3)cc1. The summed E-state index contributed by atoms with van der Waals surface area (Å²) >= 11 is 0. The molecule has 3 aromatic carbocycles. The normalized spacial score (nSPS) is 18.3. The Bertz CT molecular complexity index is 1480. The lowest BCUT2D eigenvalue weighted by Crippen LogP contribution is -2.59. The summed E-state index contributed by atoms with van der Waals surface area (Å²) in [6.45, 7) is 4.25. The second-order valence-corrected chi connectivity index (χ2v) is 10.9. The molecule has 0 saturated carbocycles. The molecule has 1 spiro atoms. The Morgan fingerprint density at radius 1 is 0.881 bits per heavy atom. The fourth-order valence-corrected chi connectivity index (χ4v) is 5.59. The number of nitrogens with zero attached hydrogens (tertiary/aromatic N) is 2. The number of piperidine rings is 1. The largest absolute Gasteiger partial charge is 0.416 e. The number of amides is 3. The van der Waals surface area contributed by atoms with E-state index in [9.17, 15) is 27.6 Å². The molecule has 0 aromatic heterocycles. The molecule has 1 N–H and O–H groups in total. The zero-order valence-electron chi connectivity index (χ0n) is 23.4. The Morgan fingerprint density at radius 3 is 2.24 bits per heavy atom. The highest BCUT2D eigenvalue weighted by Crippen LogP contribution is 2.39. The lowest BCUT2D eigenvalue weighted by molar-refractivity contribution is -0.137. The molecule has 0 unspecified atom stereocenters. The number of hydrogen-bond donors (Lipinski definition) is 1. The molecule has 42 heavy (non-hydrogen) atoms. The lowest BCUT2D eigenvalue weighted by atomic mass is 9.95. The van der Waals surface area contributed by atoms with Crippen LogP contribution >= 0.6 is 0 Å². The van der Waals surface area contributed by atoms with Crippen LogP contribution in [0.15, 0.2) is 72.8 Å². The number of benzene rings is 3. The Kier molecular flexibility index (Phi) is 8.10. The molecule has 220 valence electrons. The number of aryl methyl sites for hydroxylation is 2. The molecule has 1 atom stereocenters. The van der Waals surface area contributed by atoms with Crippen LogP contribution < -0.4 is 5.32 Å². The third-order valence-electron chi connectivity index (χ3n) is 7.90. The molecule has 0 bridgehead atoms. The van der Waals surface area contributed by atoms with Gasteiger partial charge in [0.05, 0.1) is 12.2 Å². The van der Waals surface area contributed by atoms with E-state index in [1.54, 1.807) is 23.1 Å². The van der Waals surface area contributed by atoms with E-state index in [1.807, 2.05) is 44.2 Å². The number of alkyl halides is 3. The fraction of sp³-hybridized carbons (Fsp3) is 0.344. The van der Waals surface area contributed by atoms with Gasteiger partial charge in [0.1, 0.15) is 11.8 Å². The zero-order chi connectivity index (χ0) is 30.1. The van der Waals surface area contributed by atoms with E-state index in [0.29, 0.717) is 37.1 Å². The van der Waals surface area contributed by atoms with Gasteiger partial charge in [0.2, 0.25) is 5.91 Å². The van der Waals surface area contributed by atoms with Crippen LogP contribution in [0.5, 0.6) is 0 Å². The first kappa shape index (κ1) is 29.3. The van der Waals surface area contributed by atoms with Gasteiger partial charge in [-0.3, -0.25) is 19.3 Å². The second-order valence-electron chi connectivity index (χ2n) is 10.9. The van der Waals surface area contributed by atoms with E-state index in [0.717, 1.165) is 23.3 Å². The molecule has 10 heteroatoms. The van der Waals surface area contributed by atoms with Gasteiger partial charge in [0, 0.05) is 43.6 Å². The second kappa shape index (κ2) is 11.6. The van der Waals surface area contributed by atoms with Crippen LogP contribution in [0.3, 0.4) is 0 Å². The van der Waals surface area contributed by atoms with Crippen molar-refractivity contribution in [2.75, 3.05) is 19.7 Å². The Hall–Kier alpha value is -4.18. The highest BCUT2D eigenvalue weighted by molar-refractivity contribution is 5.98. The summed E-state index contributed by atoms with van der Waals surface area (Å²) in [5, 5.41) is 2.70. The lowest BCUT2D eigenvalue weighted by Gasteiger charge is -2.44. The molecule has 3 aromatic rings. The first-order valence-electron chi connectivity index (χ1n) is 13.8. The Balaban J connectivity index is 1.35. The van der Waals surface area contributed by atoms with Gasteiger partial charge in [0.15, 0.2) is 0 Å². The summed E-state index contributed by atoms with van der Waals surface area (Å²) < 4.78 is 45.7. The van der Waals surface area contributed by atoms with Gasteiger partial charge in [-0.25, -0.2) is 0 Å². The summed E-state index contributed by atoms with van der Waals surface area (Å²) in [5.74, 6) is -1.02. The van der Waals surface area contributed by atoms with Crippen LogP contribution in [0.2, 0.25) is 0 Å². The maximum Gasteiger partial charge on any atom is 0.416 e. The topological polar surface area (TPSA) is 79.0 Å². The van der Waals surface area contributed by atoms with Crippen LogP contribution in [0.1, 0.15) is 55.8 Å². The summed E-state index contributed by atoms with van der Waals surface area (Å²) in [5.41, 5.74) is 1.28. The Labute approximate surface area is 242 Å². The quantitative estimate of drug-likeness (QED) is 0.456. The van der Waals surface area contributed by atoms with Crippen molar-refractivity contribution in [3.8, 4) is 0 Å². The van der Waals surface area contributed by atoms with Gasteiger partial charge in [0.25, 0.3) is 11.8 Å². The van der Waals surface area contributed by atoms with Crippen molar-refractivity contribution in [2.24, 2.45) is 0 Å². The van der Waals surface area contributed by atoms with Gasteiger partial charge in [-0.1, -0.05) is 47.5 Å². The Morgan fingerprint density at radius 2 is 1.57 bits per heavy atom. The maximum absolute atomic E-state index is 13.9. The third kappa shape index (κ3) is 6.04. The van der Waals surface area contributed by atoms with Crippen LogP contribution in [-0.2, 0) is 22.3 Å². The number of halogens is 3. The van der Waals surface area contributed by atoms with Crippen LogP contribution in [0, 0.1) is 13.8 Å². The predicted molar refractivity (Wildman–Crippen MR) is 149 cm³/mol. The molecule has 7 nitrogen and oxygen atoms in total. The van der Waals surface area contributed by atoms with E-state index in [4.69, 9.17) is 4.74 Å². The van der Waals surface area contributed by atoms with Crippen LogP contribution in [-0.4, -0.2) is 59.0 Å². The molecule has 2 fully saturated rings. The van der Waals surface area contributed by atoms with E-state index < -0.39 is 29.4 Å². The fourth-order valence-electron chi connectivity index (χ4n) is 5.59. The van der Waals surface area contributed by atoms with Crippen LogP contribution in [0.25, 0.3) is 0 Å². The molecule has 0 aliphatic carbocycles. The molecule has 0 radical (unpaired) electrons. The van der Waals surface area contributed by atoms with E-state index in [2.05, 4.69) is 5.32 Å². The van der Waals surface area contributed by atoms with Gasteiger partial charge in [-0.15, -0.1) is 0 Å². The minimum atomic E-state index is -4.50. The average molecular weight is 580 g/mol. The molecule has 2 saturated heterocycles. The van der Waals surface area contributed by atoms with Crippen molar-refractivity contribution in [1.82, 2.24) is 15.1 Å². The number of rotatable bonds is 5. The molecular formula is C32H32F3N3O4. The number of carbonyl (C=O) groups excluding carboxylic acids is 3. The number of ether oxygens (including phenoxy) is 1. The number of hydrogen-bond acceptors (Lipinski definition) is 4. The first-order chi connectivity index (χ1) is 20.0. The summed E-state index contributed by atoms with van der Waals surface area (Å²) in [7, 11) is 0. The number of nitrogens with one attached hydrogen (secondary N) is 1. The van der Waals surface area contributed by atoms with E-state index in [-0.39, 0.29) is 30.5 Å². The third-order valence-corrected chi connectivity index (χ3v) is 7.90. The molecular weight excluding hydrogens is 547 g/mol. The maximum atomic E-state index is 13.9. The van der Waals surface area contributed by atoms with Gasteiger partial charge in [-0.2, -0.15) is 13.2 Å². The molecule has 2 aliphatic heterocycles. The zero-order valence-corrected chi connectivity index (χ0v) is 23.4. The van der Waals surface area contributed by atoms with Gasteiger partial charge >= 0.3 is 6.18 Å². The van der Waals surface area contributed by atoms with Crippen molar-refractivity contribution < 1.29 is 32.3 Å². The standard InChI is InChI=1S/C32H32F3N3O4/c1-21-9-11-24(12-10-21)30(41)38-27(28(39)36-19-23-6-4-8-26(18-23)32(33,34)35)20-42-31(38)13-15-37(16-14-31)29(40)25-7-3-5-22(2)17-25/h3-12,17-18,27H,13-16,19-20H2,1-2H3,(H,36,39)/t27-/m0/s1. The highest BCUT2D eigenvalue weighted by atomic mass is 19.4. The summed E-state index contributed by atoms with van der Waals surface area (Å²) in [6.07, 6.45) is -3.89. The predicted octanol–water partition coefficient (Wildman–Crippen LogP) is 5.11. The molecule has 2 heterocycles. The minimum Gasteiger partial charge on any atom is -0.353 e. The van der Waals surface area contributed by atoms with Gasteiger partial charge < -0.3 is 15.0 Å². The average Bonchev–Trinajstić information content (AvgIpc) is 3.34. The monoisotopic (exact) mass is 579 g/mol.